The highest BCUT2D eigenvalue weighted by Gasteiger charge is 2.28. The SMILES string of the molecule is COCC(C)(COC)OC(=O)/C=C/C(=O)O. The lowest BCUT2D eigenvalue weighted by Crippen LogP contribution is -2.40. The quantitative estimate of drug-likeness (QED) is 0.499. The first kappa shape index (κ1) is 14.6. The molecule has 6 nitrogen and oxygen atoms in total. The van der Waals surface area contributed by atoms with Gasteiger partial charge in [-0.1, -0.05) is 0 Å². The van der Waals surface area contributed by atoms with Crippen molar-refractivity contribution in [1.82, 2.24) is 0 Å². The number of aliphatic carboxylic acids is 1. The lowest BCUT2D eigenvalue weighted by Gasteiger charge is -2.27. The maximum absolute atomic E-state index is 11.2. The highest BCUT2D eigenvalue weighted by atomic mass is 16.6. The van der Waals surface area contributed by atoms with Gasteiger partial charge in [0.05, 0.1) is 13.2 Å². The molecule has 92 valence electrons. The van der Waals surface area contributed by atoms with Gasteiger partial charge in [0.1, 0.15) is 0 Å². The van der Waals surface area contributed by atoms with Crippen LogP contribution in [0.2, 0.25) is 0 Å². The minimum absolute atomic E-state index is 0.160. The van der Waals surface area contributed by atoms with Crippen LogP contribution in [0.4, 0.5) is 0 Å². The van der Waals surface area contributed by atoms with Crippen molar-refractivity contribution in [1.29, 1.82) is 0 Å². The Hall–Kier alpha value is -1.40. The van der Waals surface area contributed by atoms with Gasteiger partial charge in [0.2, 0.25) is 0 Å². The number of methoxy groups -OCH3 is 2. The number of carboxylic acid groups (broad SMARTS) is 1. The maximum Gasteiger partial charge on any atom is 0.331 e. The first-order valence-electron chi connectivity index (χ1n) is 4.55. The van der Waals surface area contributed by atoms with E-state index in [0.717, 1.165) is 6.08 Å². The van der Waals surface area contributed by atoms with Gasteiger partial charge >= 0.3 is 11.9 Å². The van der Waals surface area contributed by atoms with E-state index in [1.165, 1.54) is 14.2 Å². The average Bonchev–Trinajstić information content (AvgIpc) is 2.15. The van der Waals surface area contributed by atoms with E-state index in [2.05, 4.69) is 0 Å². The topological polar surface area (TPSA) is 82.1 Å². The Morgan fingerprint density at radius 2 is 1.69 bits per heavy atom. The Kier molecular flexibility index (Phi) is 6.36. The first-order valence-corrected chi connectivity index (χ1v) is 4.55. The minimum atomic E-state index is -1.21. The number of esters is 1. The van der Waals surface area contributed by atoms with Crippen LogP contribution in [0.15, 0.2) is 12.2 Å². The Labute approximate surface area is 93.8 Å². The van der Waals surface area contributed by atoms with Crippen LogP contribution in [0.1, 0.15) is 6.92 Å². The zero-order valence-electron chi connectivity index (χ0n) is 9.56. The van der Waals surface area contributed by atoms with E-state index in [4.69, 9.17) is 19.3 Å². The summed E-state index contributed by atoms with van der Waals surface area (Å²) in [7, 11) is 2.93. The monoisotopic (exact) mass is 232 g/mol. The molecule has 6 heteroatoms. The average molecular weight is 232 g/mol. The van der Waals surface area contributed by atoms with Crippen LogP contribution in [-0.4, -0.2) is 50.1 Å². The van der Waals surface area contributed by atoms with Crippen molar-refractivity contribution in [2.45, 2.75) is 12.5 Å². The Bertz CT molecular complexity index is 264. The summed E-state index contributed by atoms with van der Waals surface area (Å²) in [5.74, 6) is -1.96. The van der Waals surface area contributed by atoms with Crippen LogP contribution < -0.4 is 0 Å². The van der Waals surface area contributed by atoms with Gasteiger partial charge in [-0.05, 0) is 6.92 Å². The lowest BCUT2D eigenvalue weighted by atomic mass is 10.1. The van der Waals surface area contributed by atoms with Crippen molar-refractivity contribution < 1.29 is 28.9 Å². The van der Waals surface area contributed by atoms with Gasteiger partial charge in [-0.3, -0.25) is 0 Å². The largest absolute Gasteiger partial charge is 0.478 e. The molecule has 0 rings (SSSR count). The van der Waals surface area contributed by atoms with Crippen LogP contribution in [-0.2, 0) is 23.8 Å². The standard InChI is InChI=1S/C10H16O6/c1-10(6-14-2,7-15-3)16-9(13)5-4-8(11)12/h4-5H,6-7H2,1-3H3,(H,11,12)/b5-4+. The molecular weight excluding hydrogens is 216 g/mol. The van der Waals surface area contributed by atoms with E-state index in [1.807, 2.05) is 0 Å². The summed E-state index contributed by atoms with van der Waals surface area (Å²) in [5, 5.41) is 8.32. The maximum atomic E-state index is 11.2. The summed E-state index contributed by atoms with van der Waals surface area (Å²) in [6.45, 7) is 1.95. The molecule has 0 aliphatic rings. The Morgan fingerprint density at radius 1 is 1.19 bits per heavy atom. The van der Waals surface area contributed by atoms with Gasteiger partial charge in [0.25, 0.3) is 0 Å². The number of hydrogen-bond acceptors (Lipinski definition) is 5. The molecule has 0 aromatic heterocycles. The molecule has 0 aliphatic carbocycles. The van der Waals surface area contributed by atoms with Gasteiger partial charge in [-0.2, -0.15) is 0 Å². The molecule has 0 unspecified atom stereocenters. The second kappa shape index (κ2) is 6.97. The fraction of sp³-hybridized carbons (Fsp3) is 0.600. The van der Waals surface area contributed by atoms with Crippen molar-refractivity contribution in [3.8, 4) is 0 Å². The van der Waals surface area contributed by atoms with Crippen LogP contribution >= 0.6 is 0 Å². The third kappa shape index (κ3) is 6.15. The Morgan fingerprint density at radius 3 is 2.06 bits per heavy atom. The number of ether oxygens (including phenoxy) is 3. The van der Waals surface area contributed by atoms with Crippen molar-refractivity contribution in [2.75, 3.05) is 27.4 Å². The third-order valence-corrected chi connectivity index (χ3v) is 1.61. The fourth-order valence-corrected chi connectivity index (χ4v) is 1.13. The zero-order valence-corrected chi connectivity index (χ0v) is 9.56. The molecule has 0 heterocycles. The molecule has 0 bridgehead atoms. The molecule has 0 saturated carbocycles. The predicted octanol–water partition coefficient (Wildman–Crippen LogP) is 0.222. The smallest absolute Gasteiger partial charge is 0.331 e. The molecule has 0 atom stereocenters. The molecule has 0 fully saturated rings. The molecule has 0 radical (unpaired) electrons. The van der Waals surface area contributed by atoms with Crippen LogP contribution in [0.25, 0.3) is 0 Å². The predicted molar refractivity (Wildman–Crippen MR) is 55.0 cm³/mol. The Balaban J connectivity index is 4.39. The summed E-state index contributed by atoms with van der Waals surface area (Å²) in [5.41, 5.74) is -0.927. The summed E-state index contributed by atoms with van der Waals surface area (Å²) in [4.78, 5) is 21.4. The van der Waals surface area contributed by atoms with E-state index in [0.29, 0.717) is 6.08 Å². The molecule has 0 aliphatic heterocycles. The third-order valence-electron chi connectivity index (χ3n) is 1.61. The van der Waals surface area contributed by atoms with E-state index in [9.17, 15) is 9.59 Å². The van der Waals surface area contributed by atoms with E-state index >= 15 is 0 Å². The van der Waals surface area contributed by atoms with E-state index in [-0.39, 0.29) is 13.2 Å². The number of hydrogen-bond donors (Lipinski definition) is 1. The van der Waals surface area contributed by atoms with Gasteiger partial charge in [-0.15, -0.1) is 0 Å². The second-order valence-electron chi connectivity index (χ2n) is 3.41. The van der Waals surface area contributed by atoms with Crippen molar-refractivity contribution in [3.05, 3.63) is 12.2 Å². The highest BCUT2D eigenvalue weighted by Crippen LogP contribution is 2.12. The second-order valence-corrected chi connectivity index (χ2v) is 3.41. The van der Waals surface area contributed by atoms with E-state index < -0.39 is 17.5 Å². The van der Waals surface area contributed by atoms with Gasteiger partial charge in [0, 0.05) is 26.4 Å². The number of carbonyl (C=O) groups is 2. The number of rotatable bonds is 7. The molecular formula is C10H16O6. The summed E-state index contributed by atoms with van der Waals surface area (Å²) >= 11 is 0. The lowest BCUT2D eigenvalue weighted by molar-refractivity contribution is -0.163. The number of carboxylic acids is 1. The van der Waals surface area contributed by atoms with Crippen LogP contribution in [0.3, 0.4) is 0 Å². The molecule has 0 spiro atoms. The molecule has 0 amide bonds. The summed E-state index contributed by atoms with van der Waals surface area (Å²) in [6.07, 6.45) is 1.55. The minimum Gasteiger partial charge on any atom is -0.478 e. The van der Waals surface area contributed by atoms with Gasteiger partial charge in [-0.25, -0.2) is 9.59 Å². The van der Waals surface area contributed by atoms with Crippen LogP contribution in [0, 0.1) is 0 Å². The normalized spacial score (nSPS) is 11.7. The zero-order chi connectivity index (χ0) is 12.6. The van der Waals surface area contributed by atoms with E-state index in [1.54, 1.807) is 6.92 Å². The fourth-order valence-electron chi connectivity index (χ4n) is 1.13. The molecule has 0 aromatic rings. The first-order chi connectivity index (χ1) is 7.43. The summed E-state index contributed by atoms with van der Waals surface area (Å²) < 4.78 is 14.8. The molecule has 0 aromatic carbocycles. The molecule has 16 heavy (non-hydrogen) atoms. The van der Waals surface area contributed by atoms with Crippen LogP contribution in [0.5, 0.6) is 0 Å². The van der Waals surface area contributed by atoms with Gasteiger partial charge in [0.15, 0.2) is 5.60 Å². The summed E-state index contributed by atoms with van der Waals surface area (Å²) in [6, 6.07) is 0. The molecule has 1 N–H and O–H groups in total. The van der Waals surface area contributed by atoms with Crippen molar-refractivity contribution >= 4 is 11.9 Å². The van der Waals surface area contributed by atoms with Crippen molar-refractivity contribution in [3.63, 3.8) is 0 Å². The molecule has 0 saturated heterocycles. The highest BCUT2D eigenvalue weighted by molar-refractivity contribution is 5.90. The van der Waals surface area contributed by atoms with Gasteiger partial charge < -0.3 is 19.3 Å². The van der Waals surface area contributed by atoms with Crippen molar-refractivity contribution in [2.24, 2.45) is 0 Å². The number of carbonyl (C=O) groups excluding carboxylic acids is 1.